The Bertz CT molecular complexity index is 170. The molecule has 0 rings (SSSR count). The van der Waals surface area contributed by atoms with Gasteiger partial charge < -0.3 is 4.74 Å². The van der Waals surface area contributed by atoms with E-state index in [9.17, 15) is 4.79 Å². The summed E-state index contributed by atoms with van der Waals surface area (Å²) in [6.45, 7) is 3.52. The molecule has 0 radical (unpaired) electrons. The standard InChI is InChI=1S/C7H11NO2/c1-4-8-6(2)5-7(9)10-3/h4-5H,1-3H3/b6-5+,8-4?. The number of carbonyl (C=O) groups excluding carboxylic acids is 1. The van der Waals surface area contributed by atoms with E-state index in [1.165, 1.54) is 13.2 Å². The molecule has 10 heavy (non-hydrogen) atoms. The summed E-state index contributed by atoms with van der Waals surface area (Å²) in [6, 6.07) is 0. The van der Waals surface area contributed by atoms with Gasteiger partial charge in [0.15, 0.2) is 0 Å². The minimum absolute atomic E-state index is 0.372. The fraction of sp³-hybridized carbons (Fsp3) is 0.429. The second kappa shape index (κ2) is 4.73. The first-order valence-corrected chi connectivity index (χ1v) is 2.95. The van der Waals surface area contributed by atoms with E-state index in [2.05, 4.69) is 9.73 Å². The summed E-state index contributed by atoms with van der Waals surface area (Å²) in [5.41, 5.74) is 0.648. The molecule has 0 amide bonds. The van der Waals surface area contributed by atoms with Crippen LogP contribution in [-0.4, -0.2) is 19.3 Å². The molecule has 0 atom stereocenters. The average Bonchev–Trinajstić information content (AvgIpc) is 1.88. The highest BCUT2D eigenvalue weighted by Crippen LogP contribution is 1.92. The molecule has 0 saturated heterocycles. The average molecular weight is 141 g/mol. The quantitative estimate of drug-likeness (QED) is 0.329. The summed E-state index contributed by atoms with van der Waals surface area (Å²) in [7, 11) is 1.34. The zero-order valence-corrected chi connectivity index (χ0v) is 6.42. The Balaban J connectivity index is 4.02. The Labute approximate surface area is 60.4 Å². The largest absolute Gasteiger partial charge is 0.466 e. The zero-order valence-electron chi connectivity index (χ0n) is 6.42. The number of methoxy groups -OCH3 is 1. The monoisotopic (exact) mass is 141 g/mol. The summed E-state index contributed by atoms with van der Waals surface area (Å²) in [6.07, 6.45) is 2.95. The van der Waals surface area contributed by atoms with Crippen molar-refractivity contribution in [1.29, 1.82) is 0 Å². The number of esters is 1. The molecular weight excluding hydrogens is 130 g/mol. The van der Waals surface area contributed by atoms with E-state index >= 15 is 0 Å². The van der Waals surface area contributed by atoms with Crippen LogP contribution in [0.4, 0.5) is 0 Å². The Kier molecular flexibility index (Phi) is 4.20. The van der Waals surface area contributed by atoms with Crippen molar-refractivity contribution >= 4 is 12.2 Å². The lowest BCUT2D eigenvalue weighted by Gasteiger charge is -1.90. The van der Waals surface area contributed by atoms with Crippen LogP contribution in [0.1, 0.15) is 13.8 Å². The normalized spacial score (nSPS) is 12.1. The van der Waals surface area contributed by atoms with E-state index < -0.39 is 0 Å². The van der Waals surface area contributed by atoms with Crippen molar-refractivity contribution in [3.8, 4) is 0 Å². The lowest BCUT2D eigenvalue weighted by molar-refractivity contribution is -0.134. The lowest BCUT2D eigenvalue weighted by Crippen LogP contribution is -1.94. The van der Waals surface area contributed by atoms with E-state index in [0.717, 1.165) is 0 Å². The van der Waals surface area contributed by atoms with Gasteiger partial charge in [-0.3, -0.25) is 4.99 Å². The van der Waals surface area contributed by atoms with Crippen molar-refractivity contribution in [3.05, 3.63) is 11.8 Å². The van der Waals surface area contributed by atoms with Crippen LogP contribution in [0.3, 0.4) is 0 Å². The SMILES string of the molecule is CC=N/C(C)=C/C(=O)OC. The van der Waals surface area contributed by atoms with Crippen LogP contribution in [0.25, 0.3) is 0 Å². The van der Waals surface area contributed by atoms with Gasteiger partial charge in [-0.15, -0.1) is 0 Å². The van der Waals surface area contributed by atoms with Crippen LogP contribution >= 0.6 is 0 Å². The highest BCUT2D eigenvalue weighted by atomic mass is 16.5. The van der Waals surface area contributed by atoms with Crippen LogP contribution in [-0.2, 0) is 9.53 Å². The lowest BCUT2D eigenvalue weighted by atomic mass is 10.4. The molecule has 3 heteroatoms. The van der Waals surface area contributed by atoms with Crippen LogP contribution in [0.2, 0.25) is 0 Å². The van der Waals surface area contributed by atoms with Gasteiger partial charge in [0.25, 0.3) is 0 Å². The van der Waals surface area contributed by atoms with E-state index in [1.54, 1.807) is 20.1 Å². The summed E-state index contributed by atoms with van der Waals surface area (Å²) >= 11 is 0. The molecule has 0 bridgehead atoms. The summed E-state index contributed by atoms with van der Waals surface area (Å²) < 4.78 is 4.38. The molecule has 0 aromatic carbocycles. The number of aliphatic imine (C=N–C) groups is 1. The Morgan fingerprint density at radius 3 is 2.60 bits per heavy atom. The predicted octanol–water partition coefficient (Wildman–Crippen LogP) is 1.15. The molecule has 56 valence electrons. The number of nitrogens with zero attached hydrogens (tertiary/aromatic N) is 1. The summed E-state index contributed by atoms with van der Waals surface area (Å²) in [5.74, 6) is -0.372. The van der Waals surface area contributed by atoms with Crippen LogP contribution in [0.15, 0.2) is 16.8 Å². The molecule has 0 aliphatic carbocycles. The van der Waals surface area contributed by atoms with E-state index in [0.29, 0.717) is 5.70 Å². The van der Waals surface area contributed by atoms with Crippen molar-refractivity contribution in [2.75, 3.05) is 7.11 Å². The molecule has 0 aromatic heterocycles. The smallest absolute Gasteiger partial charge is 0.332 e. The summed E-state index contributed by atoms with van der Waals surface area (Å²) in [5, 5.41) is 0. The maximum atomic E-state index is 10.5. The van der Waals surface area contributed by atoms with E-state index in [-0.39, 0.29) is 5.97 Å². The molecular formula is C7H11NO2. The predicted molar refractivity (Wildman–Crippen MR) is 39.9 cm³/mol. The van der Waals surface area contributed by atoms with Crippen molar-refractivity contribution in [2.24, 2.45) is 4.99 Å². The van der Waals surface area contributed by atoms with Crippen molar-refractivity contribution in [2.45, 2.75) is 13.8 Å². The second-order valence-electron chi connectivity index (χ2n) is 1.70. The van der Waals surface area contributed by atoms with Gasteiger partial charge in [-0.05, 0) is 13.8 Å². The highest BCUT2D eigenvalue weighted by molar-refractivity contribution is 5.82. The van der Waals surface area contributed by atoms with Gasteiger partial charge >= 0.3 is 5.97 Å². The zero-order chi connectivity index (χ0) is 7.98. The third-order valence-electron chi connectivity index (χ3n) is 0.861. The third kappa shape index (κ3) is 3.83. The number of carbonyl (C=O) groups is 1. The van der Waals surface area contributed by atoms with E-state index in [1.807, 2.05) is 0 Å². The van der Waals surface area contributed by atoms with Gasteiger partial charge in [-0.1, -0.05) is 0 Å². The summed E-state index contributed by atoms with van der Waals surface area (Å²) in [4.78, 5) is 14.4. The maximum Gasteiger partial charge on any atom is 0.332 e. The number of allylic oxidation sites excluding steroid dienone is 1. The van der Waals surface area contributed by atoms with Crippen LogP contribution < -0.4 is 0 Å². The number of rotatable bonds is 2. The molecule has 0 N–H and O–H groups in total. The Morgan fingerprint density at radius 1 is 1.60 bits per heavy atom. The molecule has 0 aromatic rings. The van der Waals surface area contributed by atoms with Crippen LogP contribution in [0, 0.1) is 0 Å². The number of hydrogen-bond donors (Lipinski definition) is 0. The molecule has 0 aliphatic heterocycles. The number of ether oxygens (including phenoxy) is 1. The van der Waals surface area contributed by atoms with Gasteiger partial charge in [0, 0.05) is 18.0 Å². The molecule has 0 heterocycles. The first-order chi connectivity index (χ1) is 4.70. The van der Waals surface area contributed by atoms with Gasteiger partial charge in [0.05, 0.1) is 7.11 Å². The first kappa shape index (κ1) is 8.88. The molecule has 0 unspecified atom stereocenters. The minimum Gasteiger partial charge on any atom is -0.466 e. The Hall–Kier alpha value is -1.12. The van der Waals surface area contributed by atoms with Gasteiger partial charge in [-0.25, -0.2) is 4.79 Å². The molecule has 3 nitrogen and oxygen atoms in total. The number of hydrogen-bond acceptors (Lipinski definition) is 3. The second-order valence-corrected chi connectivity index (χ2v) is 1.70. The minimum atomic E-state index is -0.372. The van der Waals surface area contributed by atoms with Crippen molar-refractivity contribution in [3.63, 3.8) is 0 Å². The van der Waals surface area contributed by atoms with Crippen molar-refractivity contribution < 1.29 is 9.53 Å². The molecule has 0 saturated carbocycles. The first-order valence-electron chi connectivity index (χ1n) is 2.95. The topological polar surface area (TPSA) is 38.7 Å². The fourth-order valence-electron chi connectivity index (χ4n) is 0.470. The van der Waals surface area contributed by atoms with Crippen LogP contribution in [0.5, 0.6) is 0 Å². The van der Waals surface area contributed by atoms with Crippen molar-refractivity contribution in [1.82, 2.24) is 0 Å². The van der Waals surface area contributed by atoms with Gasteiger partial charge in [0.1, 0.15) is 0 Å². The highest BCUT2D eigenvalue weighted by Gasteiger charge is 1.92. The van der Waals surface area contributed by atoms with E-state index in [4.69, 9.17) is 0 Å². The van der Waals surface area contributed by atoms with Gasteiger partial charge in [-0.2, -0.15) is 0 Å². The molecule has 0 spiro atoms. The third-order valence-corrected chi connectivity index (χ3v) is 0.861. The maximum absolute atomic E-state index is 10.5. The molecule has 0 aliphatic rings. The molecule has 0 fully saturated rings. The fourth-order valence-corrected chi connectivity index (χ4v) is 0.470. The Morgan fingerprint density at radius 2 is 2.20 bits per heavy atom. The van der Waals surface area contributed by atoms with Gasteiger partial charge in [0.2, 0.25) is 0 Å².